The maximum atomic E-state index is 11.3. The monoisotopic (exact) mass is 310 g/mol. The third-order valence-electron chi connectivity index (χ3n) is 1.52. The van der Waals surface area contributed by atoms with Crippen molar-refractivity contribution in [2.24, 2.45) is 0 Å². The molecule has 0 aromatic heterocycles. The van der Waals surface area contributed by atoms with E-state index in [1.165, 1.54) is 0 Å². The minimum Gasteiger partial charge on any atom is -0.395 e. The van der Waals surface area contributed by atoms with Gasteiger partial charge < -0.3 is 10.2 Å². The number of hydrogen-bond donors (Lipinski definition) is 2. The zero-order chi connectivity index (χ0) is 13.7. The van der Waals surface area contributed by atoms with Gasteiger partial charge in [-0.05, 0) is 0 Å². The highest BCUT2D eigenvalue weighted by Gasteiger charge is 2.27. The van der Waals surface area contributed by atoms with E-state index in [1.807, 2.05) is 0 Å². The summed E-state index contributed by atoms with van der Waals surface area (Å²) in [7, 11) is -12.4. The van der Waals surface area contributed by atoms with Crippen molar-refractivity contribution < 1.29 is 35.5 Å². The molecule has 0 spiro atoms. The van der Waals surface area contributed by atoms with Crippen LogP contribution in [0.4, 0.5) is 0 Å². The Morgan fingerprint density at radius 2 is 0.882 bits per heavy atom. The van der Waals surface area contributed by atoms with Gasteiger partial charge in [-0.25, -0.2) is 25.3 Å². The highest BCUT2D eigenvalue weighted by atomic mass is 32.3. The van der Waals surface area contributed by atoms with Crippen LogP contribution in [0.2, 0.25) is 0 Å². The molecule has 0 aliphatic rings. The Bertz CT molecular complexity index is 482. The molecule has 11 heteroatoms. The van der Waals surface area contributed by atoms with Gasteiger partial charge in [0.05, 0.1) is 24.7 Å². The summed E-state index contributed by atoms with van der Waals surface area (Å²) in [5, 5.41) is 14.1. The first-order chi connectivity index (χ1) is 7.54. The van der Waals surface area contributed by atoms with Crippen LogP contribution < -0.4 is 0 Å². The van der Waals surface area contributed by atoms with E-state index in [2.05, 4.69) is 0 Å². The number of hydrogen-bond acceptors (Lipinski definition) is 8. The van der Waals surface area contributed by atoms with E-state index in [0.29, 0.717) is 0 Å². The largest absolute Gasteiger partial charge is 0.395 e. The Kier molecular flexibility index (Phi) is 6.01. The molecule has 0 aromatic carbocycles. The van der Waals surface area contributed by atoms with Crippen LogP contribution in [-0.4, -0.2) is 70.4 Å². The predicted molar refractivity (Wildman–Crippen MR) is 60.4 cm³/mol. The van der Waals surface area contributed by atoms with Crippen molar-refractivity contribution in [3.8, 4) is 0 Å². The van der Waals surface area contributed by atoms with Gasteiger partial charge >= 0.3 is 0 Å². The van der Waals surface area contributed by atoms with Crippen LogP contribution in [0.25, 0.3) is 0 Å². The second-order valence-electron chi connectivity index (χ2n) is 3.32. The van der Waals surface area contributed by atoms with Crippen LogP contribution in [0.1, 0.15) is 0 Å². The molecule has 0 atom stereocenters. The summed E-state index contributed by atoms with van der Waals surface area (Å²) in [6.45, 7) is -1.47. The summed E-state index contributed by atoms with van der Waals surface area (Å²) in [6.07, 6.45) is 0. The Morgan fingerprint density at radius 1 is 0.588 bits per heavy atom. The minimum atomic E-state index is -4.34. The zero-order valence-electron chi connectivity index (χ0n) is 8.81. The molecule has 8 nitrogen and oxygen atoms in total. The average Bonchev–Trinajstić information content (AvgIpc) is 1.96. The topological polar surface area (TPSA) is 143 Å². The molecule has 0 radical (unpaired) electrons. The lowest BCUT2D eigenvalue weighted by Gasteiger charge is -2.05. The summed E-state index contributed by atoms with van der Waals surface area (Å²) < 4.78 is 67.0. The van der Waals surface area contributed by atoms with Crippen LogP contribution in [0.5, 0.6) is 0 Å². The molecule has 2 N–H and O–H groups in total. The van der Waals surface area contributed by atoms with Crippen molar-refractivity contribution in [2.75, 3.05) is 34.9 Å². The van der Waals surface area contributed by atoms with Gasteiger partial charge in [0.25, 0.3) is 0 Å². The molecular weight excluding hydrogens is 296 g/mol. The van der Waals surface area contributed by atoms with E-state index in [0.717, 1.165) is 0 Å². The summed E-state index contributed by atoms with van der Waals surface area (Å²) in [5.41, 5.74) is 0. The molecule has 0 aliphatic heterocycles. The second-order valence-corrected chi connectivity index (χ2v) is 10.5. The molecule has 0 amide bonds. The van der Waals surface area contributed by atoms with Gasteiger partial charge in [-0.2, -0.15) is 0 Å². The lowest BCUT2D eigenvalue weighted by molar-refractivity contribution is 0.319. The first-order valence-electron chi connectivity index (χ1n) is 4.36. The van der Waals surface area contributed by atoms with Crippen molar-refractivity contribution in [3.63, 3.8) is 0 Å². The fraction of sp³-hybridized carbons (Fsp3) is 1.00. The quantitative estimate of drug-likeness (QED) is 0.487. The minimum absolute atomic E-state index is 0.735. The number of aliphatic hydroxyl groups excluding tert-OH is 2. The van der Waals surface area contributed by atoms with E-state index in [4.69, 9.17) is 10.2 Å². The SMILES string of the molecule is O=S(=O)(CCO)CS(=O)(=O)CS(=O)(=O)CCO. The van der Waals surface area contributed by atoms with Gasteiger partial charge in [-0.3, -0.25) is 0 Å². The molecule has 0 fully saturated rings. The molecule has 0 aromatic rings. The van der Waals surface area contributed by atoms with Crippen molar-refractivity contribution in [1.82, 2.24) is 0 Å². The van der Waals surface area contributed by atoms with Gasteiger partial charge in [0, 0.05) is 0 Å². The lowest BCUT2D eigenvalue weighted by atomic mass is 10.9. The van der Waals surface area contributed by atoms with Crippen LogP contribution >= 0.6 is 0 Å². The zero-order valence-corrected chi connectivity index (χ0v) is 11.3. The van der Waals surface area contributed by atoms with Gasteiger partial charge in [-0.15, -0.1) is 0 Å². The van der Waals surface area contributed by atoms with E-state index < -0.39 is 64.4 Å². The first kappa shape index (κ1) is 16.8. The molecule has 0 saturated carbocycles. The smallest absolute Gasteiger partial charge is 0.178 e. The van der Waals surface area contributed by atoms with Gasteiger partial charge in [-0.1, -0.05) is 0 Å². The van der Waals surface area contributed by atoms with Crippen LogP contribution in [0, 0.1) is 0 Å². The second kappa shape index (κ2) is 6.09. The molecule has 104 valence electrons. The summed E-state index contributed by atoms with van der Waals surface area (Å²) in [4.78, 5) is 0. The molecule has 0 unspecified atom stereocenters. The van der Waals surface area contributed by atoms with Crippen molar-refractivity contribution >= 4 is 29.5 Å². The number of rotatable bonds is 8. The normalized spacial score (nSPS) is 13.8. The highest BCUT2D eigenvalue weighted by Crippen LogP contribution is 2.04. The Labute approximate surface area is 100 Å². The molecule has 0 bridgehead atoms. The molecule has 17 heavy (non-hydrogen) atoms. The van der Waals surface area contributed by atoms with E-state index in [9.17, 15) is 25.3 Å². The standard InChI is InChI=1S/C6H14O8S3/c7-1-3-15(9,10)5-17(13,14)6-16(11,12)4-2-8/h7-8H,1-6H2. The summed E-state index contributed by atoms with van der Waals surface area (Å²) in [5.74, 6) is -1.49. The Morgan fingerprint density at radius 3 is 1.12 bits per heavy atom. The third-order valence-corrected chi connectivity index (χ3v) is 8.88. The predicted octanol–water partition coefficient (Wildman–Crippen LogP) is -2.87. The third kappa shape index (κ3) is 7.65. The van der Waals surface area contributed by atoms with Crippen LogP contribution in [0.15, 0.2) is 0 Å². The van der Waals surface area contributed by atoms with Gasteiger partial charge in [0.2, 0.25) is 0 Å². The Balaban J connectivity index is 4.85. The highest BCUT2D eigenvalue weighted by molar-refractivity contribution is 8.14. The average molecular weight is 310 g/mol. The van der Waals surface area contributed by atoms with Crippen molar-refractivity contribution in [1.29, 1.82) is 0 Å². The lowest BCUT2D eigenvalue weighted by Crippen LogP contribution is -2.28. The van der Waals surface area contributed by atoms with Crippen LogP contribution in [-0.2, 0) is 29.5 Å². The Hall–Kier alpha value is -0.230. The van der Waals surface area contributed by atoms with Crippen LogP contribution in [0.3, 0.4) is 0 Å². The van der Waals surface area contributed by atoms with E-state index >= 15 is 0 Å². The molecule has 0 saturated heterocycles. The summed E-state index contributed by atoms with van der Waals surface area (Å²) >= 11 is 0. The fourth-order valence-corrected chi connectivity index (χ4v) is 7.74. The fourth-order valence-electron chi connectivity index (χ4n) is 0.977. The maximum Gasteiger partial charge on any atom is 0.178 e. The summed E-state index contributed by atoms with van der Waals surface area (Å²) in [6, 6.07) is 0. The van der Waals surface area contributed by atoms with Gasteiger partial charge in [0.1, 0.15) is 0 Å². The van der Waals surface area contributed by atoms with E-state index in [1.54, 1.807) is 0 Å². The molecular formula is C6H14O8S3. The number of aliphatic hydroxyl groups is 2. The van der Waals surface area contributed by atoms with Gasteiger partial charge in [0.15, 0.2) is 39.7 Å². The van der Waals surface area contributed by atoms with E-state index in [-0.39, 0.29) is 0 Å². The van der Waals surface area contributed by atoms with Crippen molar-refractivity contribution in [3.05, 3.63) is 0 Å². The molecule has 0 aliphatic carbocycles. The maximum absolute atomic E-state index is 11.3. The number of sulfone groups is 3. The van der Waals surface area contributed by atoms with Crippen molar-refractivity contribution in [2.45, 2.75) is 0 Å². The molecule has 0 heterocycles. The first-order valence-corrected chi connectivity index (χ1v) is 9.83. The molecule has 0 rings (SSSR count).